The smallest absolute Gasteiger partial charge is 0.0700 e. The van der Waals surface area contributed by atoms with Gasteiger partial charge in [-0.05, 0) is 38.9 Å². The van der Waals surface area contributed by atoms with Crippen LogP contribution in [-0.4, -0.2) is 38.9 Å². The quantitative estimate of drug-likeness (QED) is 0.576. The van der Waals surface area contributed by atoms with Gasteiger partial charge in [-0.1, -0.05) is 6.92 Å². The van der Waals surface area contributed by atoms with Gasteiger partial charge in [-0.3, -0.25) is 0 Å². The SMILES string of the molecule is CCNCCCNC[C@H]1CCCO1. The summed E-state index contributed by atoms with van der Waals surface area (Å²) in [6.45, 7) is 7.43. The summed E-state index contributed by atoms with van der Waals surface area (Å²) in [6.07, 6.45) is 4.17. The first-order chi connectivity index (χ1) is 6.43. The number of hydrogen-bond acceptors (Lipinski definition) is 3. The van der Waals surface area contributed by atoms with E-state index in [-0.39, 0.29) is 0 Å². The fourth-order valence-electron chi connectivity index (χ4n) is 1.58. The van der Waals surface area contributed by atoms with Gasteiger partial charge in [0.25, 0.3) is 0 Å². The maximum absolute atomic E-state index is 5.50. The highest BCUT2D eigenvalue weighted by Crippen LogP contribution is 2.10. The molecule has 0 aromatic carbocycles. The van der Waals surface area contributed by atoms with Gasteiger partial charge in [-0.2, -0.15) is 0 Å². The molecule has 0 spiro atoms. The number of ether oxygens (including phenoxy) is 1. The molecule has 1 fully saturated rings. The summed E-state index contributed by atoms with van der Waals surface area (Å²) in [5, 5.41) is 6.73. The highest BCUT2D eigenvalue weighted by molar-refractivity contribution is 4.67. The van der Waals surface area contributed by atoms with Crippen molar-refractivity contribution >= 4 is 0 Å². The third-order valence-corrected chi connectivity index (χ3v) is 2.35. The summed E-state index contributed by atoms with van der Waals surface area (Å²) in [7, 11) is 0. The van der Waals surface area contributed by atoms with Crippen LogP contribution in [-0.2, 0) is 4.74 Å². The first kappa shape index (κ1) is 11.0. The van der Waals surface area contributed by atoms with Crippen molar-refractivity contribution < 1.29 is 4.74 Å². The van der Waals surface area contributed by atoms with Crippen molar-refractivity contribution in [1.29, 1.82) is 0 Å². The van der Waals surface area contributed by atoms with Crippen molar-refractivity contribution in [3.63, 3.8) is 0 Å². The average molecular weight is 186 g/mol. The Bertz CT molecular complexity index is 113. The molecule has 0 aromatic rings. The van der Waals surface area contributed by atoms with Crippen molar-refractivity contribution in [2.24, 2.45) is 0 Å². The minimum absolute atomic E-state index is 0.485. The third-order valence-electron chi connectivity index (χ3n) is 2.35. The van der Waals surface area contributed by atoms with Crippen LogP contribution in [0.25, 0.3) is 0 Å². The van der Waals surface area contributed by atoms with E-state index in [0.717, 1.165) is 32.8 Å². The Hall–Kier alpha value is -0.120. The Morgan fingerprint density at radius 2 is 2.15 bits per heavy atom. The molecule has 13 heavy (non-hydrogen) atoms. The summed E-state index contributed by atoms with van der Waals surface area (Å²) in [5.41, 5.74) is 0. The van der Waals surface area contributed by atoms with Gasteiger partial charge in [0.1, 0.15) is 0 Å². The summed E-state index contributed by atoms with van der Waals surface area (Å²) < 4.78 is 5.50. The van der Waals surface area contributed by atoms with E-state index in [2.05, 4.69) is 17.6 Å². The molecule has 1 atom stereocenters. The predicted octanol–water partition coefficient (Wildman–Crippen LogP) is 0.755. The second kappa shape index (κ2) is 7.30. The maximum atomic E-state index is 5.50. The molecule has 1 aliphatic heterocycles. The second-order valence-electron chi connectivity index (χ2n) is 3.55. The third kappa shape index (κ3) is 5.24. The van der Waals surface area contributed by atoms with Gasteiger partial charge in [0.15, 0.2) is 0 Å². The molecular weight excluding hydrogens is 164 g/mol. The van der Waals surface area contributed by atoms with E-state index in [4.69, 9.17) is 4.74 Å². The maximum Gasteiger partial charge on any atom is 0.0700 e. The van der Waals surface area contributed by atoms with Crippen LogP contribution in [0.3, 0.4) is 0 Å². The topological polar surface area (TPSA) is 33.3 Å². The highest BCUT2D eigenvalue weighted by atomic mass is 16.5. The average Bonchev–Trinajstić information content (AvgIpc) is 2.63. The van der Waals surface area contributed by atoms with Gasteiger partial charge in [0.2, 0.25) is 0 Å². The van der Waals surface area contributed by atoms with Crippen molar-refractivity contribution in [2.45, 2.75) is 32.3 Å². The van der Waals surface area contributed by atoms with Crippen LogP contribution in [0.5, 0.6) is 0 Å². The summed E-state index contributed by atoms with van der Waals surface area (Å²) in [5.74, 6) is 0. The van der Waals surface area contributed by atoms with E-state index in [1.165, 1.54) is 19.3 Å². The predicted molar refractivity (Wildman–Crippen MR) is 55.0 cm³/mol. The molecule has 1 aliphatic rings. The summed E-state index contributed by atoms with van der Waals surface area (Å²) in [6, 6.07) is 0. The molecule has 0 saturated carbocycles. The Morgan fingerprint density at radius 3 is 2.85 bits per heavy atom. The van der Waals surface area contributed by atoms with Gasteiger partial charge >= 0.3 is 0 Å². The minimum atomic E-state index is 0.485. The van der Waals surface area contributed by atoms with E-state index >= 15 is 0 Å². The lowest BCUT2D eigenvalue weighted by atomic mass is 10.2. The van der Waals surface area contributed by atoms with Gasteiger partial charge in [0, 0.05) is 13.2 Å². The first-order valence-electron chi connectivity index (χ1n) is 5.46. The van der Waals surface area contributed by atoms with Gasteiger partial charge in [0.05, 0.1) is 6.10 Å². The van der Waals surface area contributed by atoms with Crippen LogP contribution in [0.1, 0.15) is 26.2 Å². The molecule has 0 unspecified atom stereocenters. The Morgan fingerprint density at radius 1 is 1.31 bits per heavy atom. The van der Waals surface area contributed by atoms with Crippen LogP contribution >= 0.6 is 0 Å². The fourth-order valence-corrected chi connectivity index (χ4v) is 1.58. The molecule has 3 heteroatoms. The van der Waals surface area contributed by atoms with Crippen LogP contribution < -0.4 is 10.6 Å². The summed E-state index contributed by atoms with van der Waals surface area (Å²) >= 11 is 0. The molecule has 3 nitrogen and oxygen atoms in total. The molecule has 78 valence electrons. The lowest BCUT2D eigenvalue weighted by Gasteiger charge is -2.10. The molecule has 1 rings (SSSR count). The zero-order chi connectivity index (χ0) is 9.36. The largest absolute Gasteiger partial charge is 0.377 e. The number of rotatable bonds is 7. The molecule has 1 saturated heterocycles. The van der Waals surface area contributed by atoms with E-state index in [1.54, 1.807) is 0 Å². The Balaban J connectivity index is 1.78. The van der Waals surface area contributed by atoms with E-state index < -0.39 is 0 Å². The van der Waals surface area contributed by atoms with Crippen molar-refractivity contribution in [3.05, 3.63) is 0 Å². The van der Waals surface area contributed by atoms with Gasteiger partial charge in [-0.25, -0.2) is 0 Å². The van der Waals surface area contributed by atoms with Crippen molar-refractivity contribution in [1.82, 2.24) is 10.6 Å². The Labute approximate surface area is 81.2 Å². The van der Waals surface area contributed by atoms with Crippen molar-refractivity contribution in [2.75, 3.05) is 32.8 Å². The molecule has 0 aromatic heterocycles. The minimum Gasteiger partial charge on any atom is -0.377 e. The first-order valence-corrected chi connectivity index (χ1v) is 5.46. The van der Waals surface area contributed by atoms with Crippen LogP contribution in [0.2, 0.25) is 0 Å². The fraction of sp³-hybridized carbons (Fsp3) is 1.00. The number of nitrogens with one attached hydrogen (secondary N) is 2. The molecule has 1 heterocycles. The Kier molecular flexibility index (Phi) is 6.15. The summed E-state index contributed by atoms with van der Waals surface area (Å²) in [4.78, 5) is 0. The van der Waals surface area contributed by atoms with Crippen LogP contribution in [0, 0.1) is 0 Å². The lowest BCUT2D eigenvalue weighted by Crippen LogP contribution is -2.28. The molecule has 0 amide bonds. The van der Waals surface area contributed by atoms with Crippen LogP contribution in [0.4, 0.5) is 0 Å². The van der Waals surface area contributed by atoms with Gasteiger partial charge in [-0.15, -0.1) is 0 Å². The molecule has 0 bridgehead atoms. The molecule has 2 N–H and O–H groups in total. The standard InChI is InChI=1S/C10H22N2O/c1-2-11-6-4-7-12-9-10-5-3-8-13-10/h10-12H,2-9H2,1H3/t10-/m1/s1. The van der Waals surface area contributed by atoms with E-state index in [9.17, 15) is 0 Å². The molecular formula is C10H22N2O. The van der Waals surface area contributed by atoms with Gasteiger partial charge < -0.3 is 15.4 Å². The van der Waals surface area contributed by atoms with Crippen LogP contribution in [0.15, 0.2) is 0 Å². The molecule has 0 radical (unpaired) electrons. The van der Waals surface area contributed by atoms with E-state index in [1.807, 2.05) is 0 Å². The number of hydrogen-bond donors (Lipinski definition) is 2. The monoisotopic (exact) mass is 186 g/mol. The lowest BCUT2D eigenvalue weighted by molar-refractivity contribution is 0.110. The zero-order valence-corrected chi connectivity index (χ0v) is 8.64. The highest BCUT2D eigenvalue weighted by Gasteiger charge is 2.13. The van der Waals surface area contributed by atoms with Crippen molar-refractivity contribution in [3.8, 4) is 0 Å². The zero-order valence-electron chi connectivity index (χ0n) is 8.64. The second-order valence-corrected chi connectivity index (χ2v) is 3.55. The molecule has 0 aliphatic carbocycles. The van der Waals surface area contributed by atoms with E-state index in [0.29, 0.717) is 6.10 Å². The normalized spacial score (nSPS) is 22.4.